The van der Waals surface area contributed by atoms with Crippen LogP contribution in [0.1, 0.15) is 5.56 Å². The zero-order valence-corrected chi connectivity index (χ0v) is 12.3. The van der Waals surface area contributed by atoms with Crippen LogP contribution in [-0.2, 0) is 0 Å². The van der Waals surface area contributed by atoms with E-state index in [-0.39, 0.29) is 24.8 Å². The van der Waals surface area contributed by atoms with Gasteiger partial charge in [-0.3, -0.25) is 0 Å². The van der Waals surface area contributed by atoms with Crippen LogP contribution in [0, 0.1) is 6.92 Å². The maximum atomic E-state index is 4.41. The van der Waals surface area contributed by atoms with Crippen molar-refractivity contribution < 1.29 is 0 Å². The van der Waals surface area contributed by atoms with Crippen molar-refractivity contribution >= 4 is 46.6 Å². The zero-order chi connectivity index (χ0) is 9.97. The smallest absolute Gasteiger partial charge is 0.128 e. The summed E-state index contributed by atoms with van der Waals surface area (Å²) in [6, 6.07) is 2.13. The Hall–Kier alpha value is -0.0300. The first-order valence-electron chi connectivity index (χ1n) is 4.85. The summed E-state index contributed by atoms with van der Waals surface area (Å²) in [6.07, 6.45) is 1.88. The Bertz CT molecular complexity index is 330. The van der Waals surface area contributed by atoms with Crippen LogP contribution in [0.5, 0.6) is 0 Å². The van der Waals surface area contributed by atoms with Crippen LogP contribution >= 0.6 is 40.7 Å². The second-order valence-electron chi connectivity index (χ2n) is 3.53. The van der Waals surface area contributed by atoms with Gasteiger partial charge in [-0.1, -0.05) is 0 Å². The first kappa shape index (κ1) is 16.0. The fourth-order valence-electron chi connectivity index (χ4n) is 1.59. The monoisotopic (exact) mass is 327 g/mol. The summed E-state index contributed by atoms with van der Waals surface area (Å²) in [4.78, 5) is 6.73. The van der Waals surface area contributed by atoms with E-state index in [9.17, 15) is 0 Å². The number of aromatic nitrogens is 1. The molecule has 1 saturated heterocycles. The third-order valence-electron chi connectivity index (χ3n) is 2.47. The number of anilines is 1. The Balaban J connectivity index is 0.00000112. The lowest BCUT2D eigenvalue weighted by Crippen LogP contribution is -2.43. The molecule has 1 aliphatic rings. The molecule has 0 saturated carbocycles. The molecule has 92 valence electrons. The molecule has 2 rings (SSSR count). The highest BCUT2D eigenvalue weighted by atomic mass is 79.9. The van der Waals surface area contributed by atoms with Gasteiger partial charge in [0.25, 0.3) is 0 Å². The lowest BCUT2D eigenvalue weighted by molar-refractivity contribution is 0.585. The Morgan fingerprint density at radius 3 is 2.50 bits per heavy atom. The van der Waals surface area contributed by atoms with Gasteiger partial charge in [0, 0.05) is 36.8 Å². The van der Waals surface area contributed by atoms with Crippen molar-refractivity contribution in [2.75, 3.05) is 31.1 Å². The number of aryl methyl sites for hydroxylation is 1. The first-order chi connectivity index (χ1) is 6.77. The maximum absolute atomic E-state index is 4.41. The van der Waals surface area contributed by atoms with Crippen LogP contribution in [0.15, 0.2) is 16.7 Å². The van der Waals surface area contributed by atoms with Gasteiger partial charge in [0.1, 0.15) is 5.82 Å². The largest absolute Gasteiger partial charge is 0.354 e. The molecule has 2 heterocycles. The average Bonchev–Trinajstić information content (AvgIpc) is 2.23. The van der Waals surface area contributed by atoms with Crippen molar-refractivity contribution in [3.05, 3.63) is 22.3 Å². The maximum Gasteiger partial charge on any atom is 0.128 e. The average molecular weight is 329 g/mol. The van der Waals surface area contributed by atoms with Crippen molar-refractivity contribution in [2.24, 2.45) is 0 Å². The standard InChI is InChI=1S/C10H14BrN3.2ClH/c1-8-6-10(13-7-9(8)11)14-4-2-12-3-5-14;;/h6-7,12H,2-5H2,1H3;2*1H. The van der Waals surface area contributed by atoms with Crippen molar-refractivity contribution in [3.63, 3.8) is 0 Å². The number of rotatable bonds is 1. The fraction of sp³-hybridized carbons (Fsp3) is 0.500. The molecule has 0 atom stereocenters. The van der Waals surface area contributed by atoms with Crippen LogP contribution in [0.4, 0.5) is 5.82 Å². The molecule has 6 heteroatoms. The van der Waals surface area contributed by atoms with Gasteiger partial charge in [0.05, 0.1) is 0 Å². The fourth-order valence-corrected chi connectivity index (χ4v) is 1.81. The summed E-state index contributed by atoms with van der Waals surface area (Å²) in [5.74, 6) is 1.09. The third-order valence-corrected chi connectivity index (χ3v) is 3.30. The molecule has 1 N–H and O–H groups in total. The van der Waals surface area contributed by atoms with Gasteiger partial charge in [-0.15, -0.1) is 24.8 Å². The summed E-state index contributed by atoms with van der Waals surface area (Å²) < 4.78 is 1.08. The number of piperazine rings is 1. The Morgan fingerprint density at radius 2 is 1.94 bits per heavy atom. The van der Waals surface area contributed by atoms with Gasteiger partial charge in [-0.25, -0.2) is 4.98 Å². The number of halogens is 3. The van der Waals surface area contributed by atoms with Gasteiger partial charge < -0.3 is 10.2 Å². The lowest BCUT2D eigenvalue weighted by Gasteiger charge is -2.28. The minimum atomic E-state index is 0. The van der Waals surface area contributed by atoms with Crippen LogP contribution in [0.2, 0.25) is 0 Å². The number of nitrogens with one attached hydrogen (secondary N) is 1. The van der Waals surface area contributed by atoms with Gasteiger partial charge in [0.15, 0.2) is 0 Å². The van der Waals surface area contributed by atoms with Crippen molar-refractivity contribution in [3.8, 4) is 0 Å². The highest BCUT2D eigenvalue weighted by molar-refractivity contribution is 9.10. The third kappa shape index (κ3) is 3.77. The summed E-state index contributed by atoms with van der Waals surface area (Å²) in [5, 5.41) is 3.33. The van der Waals surface area contributed by atoms with Gasteiger partial charge >= 0.3 is 0 Å². The van der Waals surface area contributed by atoms with Crippen molar-refractivity contribution in [1.82, 2.24) is 10.3 Å². The van der Waals surface area contributed by atoms with Gasteiger partial charge in [0.2, 0.25) is 0 Å². The van der Waals surface area contributed by atoms with Crippen LogP contribution in [0.3, 0.4) is 0 Å². The second kappa shape index (κ2) is 7.33. The number of hydrogen-bond acceptors (Lipinski definition) is 3. The molecule has 0 radical (unpaired) electrons. The van der Waals surface area contributed by atoms with E-state index in [4.69, 9.17) is 0 Å². The number of hydrogen-bond donors (Lipinski definition) is 1. The van der Waals surface area contributed by atoms with E-state index < -0.39 is 0 Å². The van der Waals surface area contributed by atoms with E-state index in [1.54, 1.807) is 0 Å². The Labute approximate surface area is 117 Å². The molecule has 1 aromatic heterocycles. The molecule has 1 aromatic rings. The van der Waals surface area contributed by atoms with Crippen LogP contribution in [-0.4, -0.2) is 31.2 Å². The molecule has 0 unspecified atom stereocenters. The summed E-state index contributed by atoms with van der Waals surface area (Å²) >= 11 is 3.46. The van der Waals surface area contributed by atoms with Crippen LogP contribution in [0.25, 0.3) is 0 Å². The first-order valence-corrected chi connectivity index (χ1v) is 5.64. The summed E-state index contributed by atoms with van der Waals surface area (Å²) in [6.45, 7) is 6.30. The molecule has 16 heavy (non-hydrogen) atoms. The quantitative estimate of drug-likeness (QED) is 0.858. The van der Waals surface area contributed by atoms with E-state index in [2.05, 4.69) is 44.1 Å². The van der Waals surface area contributed by atoms with E-state index in [1.165, 1.54) is 5.56 Å². The zero-order valence-electron chi connectivity index (χ0n) is 9.07. The molecule has 0 bridgehead atoms. The predicted molar refractivity (Wildman–Crippen MR) is 76.3 cm³/mol. The van der Waals surface area contributed by atoms with Crippen molar-refractivity contribution in [2.45, 2.75) is 6.92 Å². The normalized spacial score (nSPS) is 15.0. The second-order valence-corrected chi connectivity index (χ2v) is 4.38. The van der Waals surface area contributed by atoms with Crippen molar-refractivity contribution in [1.29, 1.82) is 0 Å². The topological polar surface area (TPSA) is 28.2 Å². The van der Waals surface area contributed by atoms with E-state index in [0.29, 0.717) is 0 Å². The highest BCUT2D eigenvalue weighted by Crippen LogP contribution is 2.19. The Morgan fingerprint density at radius 1 is 1.31 bits per heavy atom. The van der Waals surface area contributed by atoms with Gasteiger partial charge in [-0.05, 0) is 34.5 Å². The number of pyridine rings is 1. The Kier molecular flexibility index (Phi) is 7.31. The molecule has 1 fully saturated rings. The molecule has 0 aliphatic carbocycles. The van der Waals surface area contributed by atoms with Crippen LogP contribution < -0.4 is 10.2 Å². The molecular weight excluding hydrogens is 313 g/mol. The summed E-state index contributed by atoms with van der Waals surface area (Å²) in [5.41, 5.74) is 1.24. The van der Waals surface area contributed by atoms with E-state index in [0.717, 1.165) is 36.5 Å². The summed E-state index contributed by atoms with van der Waals surface area (Å²) in [7, 11) is 0. The predicted octanol–water partition coefficient (Wildman–Crippen LogP) is 2.41. The number of nitrogens with zero attached hydrogens (tertiary/aromatic N) is 2. The molecule has 1 aliphatic heterocycles. The highest BCUT2D eigenvalue weighted by Gasteiger charge is 2.11. The molecule has 0 amide bonds. The minimum Gasteiger partial charge on any atom is -0.354 e. The van der Waals surface area contributed by atoms with E-state index >= 15 is 0 Å². The lowest BCUT2D eigenvalue weighted by atomic mass is 10.2. The van der Waals surface area contributed by atoms with Gasteiger partial charge in [-0.2, -0.15) is 0 Å². The minimum absolute atomic E-state index is 0. The SMILES string of the molecule is Cc1cc(N2CCNCC2)ncc1Br.Cl.Cl. The van der Waals surface area contributed by atoms with E-state index in [1.807, 2.05) is 6.20 Å². The molecular formula is C10H16BrCl2N3. The molecule has 0 spiro atoms. The molecule has 0 aromatic carbocycles. The molecule has 3 nitrogen and oxygen atoms in total.